The van der Waals surface area contributed by atoms with E-state index in [1.54, 1.807) is 0 Å². The van der Waals surface area contributed by atoms with E-state index in [1.807, 2.05) is 6.92 Å². The molecule has 0 atom stereocenters. The summed E-state index contributed by atoms with van der Waals surface area (Å²) < 4.78 is 9.21. The molecule has 0 aromatic carbocycles. The monoisotopic (exact) mass is 258 g/mol. The molecule has 1 rings (SSSR count). The van der Waals surface area contributed by atoms with Crippen molar-refractivity contribution >= 4 is 34.0 Å². The first kappa shape index (κ1) is 13.3. The number of nitrogens with two attached hydrogens (primary N) is 1. The Kier molecular flexibility index (Phi) is 4.33. The molecule has 1 heterocycles. The summed E-state index contributed by atoms with van der Waals surface area (Å²) in [5.41, 5.74) is 6.02. The number of thiophene rings is 1. The standard InChI is InChI=1S/C10H14N2O4S/c1-4-12-8-5(9(13)15-2)6(11)7(17-8)10(14)16-3/h12H,4,11H2,1-3H3. The first-order chi connectivity index (χ1) is 8.06. The number of hydrogen-bond acceptors (Lipinski definition) is 7. The van der Waals surface area contributed by atoms with Gasteiger partial charge in [0.05, 0.1) is 19.9 Å². The van der Waals surface area contributed by atoms with Crippen LogP contribution in [0.3, 0.4) is 0 Å². The average molecular weight is 258 g/mol. The van der Waals surface area contributed by atoms with Crippen LogP contribution < -0.4 is 11.1 Å². The van der Waals surface area contributed by atoms with Gasteiger partial charge in [-0.05, 0) is 6.92 Å². The van der Waals surface area contributed by atoms with Gasteiger partial charge in [0.2, 0.25) is 0 Å². The number of methoxy groups -OCH3 is 2. The lowest BCUT2D eigenvalue weighted by molar-refractivity contribution is 0.0602. The van der Waals surface area contributed by atoms with Gasteiger partial charge in [-0.3, -0.25) is 0 Å². The van der Waals surface area contributed by atoms with Crippen molar-refractivity contribution in [2.45, 2.75) is 6.92 Å². The van der Waals surface area contributed by atoms with Crippen molar-refractivity contribution in [2.75, 3.05) is 31.8 Å². The Morgan fingerprint density at radius 1 is 1.29 bits per heavy atom. The Morgan fingerprint density at radius 2 is 1.88 bits per heavy atom. The van der Waals surface area contributed by atoms with Crippen molar-refractivity contribution < 1.29 is 19.1 Å². The first-order valence-electron chi connectivity index (χ1n) is 4.89. The highest BCUT2D eigenvalue weighted by atomic mass is 32.1. The lowest BCUT2D eigenvalue weighted by atomic mass is 10.2. The molecule has 0 fully saturated rings. The van der Waals surface area contributed by atoms with Gasteiger partial charge in [0.25, 0.3) is 0 Å². The van der Waals surface area contributed by atoms with Crippen LogP contribution >= 0.6 is 11.3 Å². The maximum absolute atomic E-state index is 11.6. The fourth-order valence-corrected chi connectivity index (χ4v) is 2.37. The van der Waals surface area contributed by atoms with E-state index in [1.165, 1.54) is 14.2 Å². The normalized spacial score (nSPS) is 9.82. The zero-order valence-corrected chi connectivity index (χ0v) is 10.6. The van der Waals surface area contributed by atoms with Gasteiger partial charge in [0.15, 0.2) is 0 Å². The Hall–Kier alpha value is -1.76. The summed E-state index contributed by atoms with van der Waals surface area (Å²) in [4.78, 5) is 23.2. The number of carbonyl (C=O) groups excluding carboxylic acids is 2. The maximum Gasteiger partial charge on any atom is 0.350 e. The third kappa shape index (κ3) is 2.50. The predicted octanol–water partition coefficient (Wildman–Crippen LogP) is 1.34. The summed E-state index contributed by atoms with van der Waals surface area (Å²) in [6.07, 6.45) is 0. The minimum absolute atomic E-state index is 0.0876. The largest absolute Gasteiger partial charge is 0.465 e. The summed E-state index contributed by atoms with van der Waals surface area (Å²) in [7, 11) is 2.51. The van der Waals surface area contributed by atoms with E-state index >= 15 is 0 Å². The summed E-state index contributed by atoms with van der Waals surface area (Å²) in [6.45, 7) is 2.47. The first-order valence-corrected chi connectivity index (χ1v) is 5.71. The Bertz CT molecular complexity index is 442. The minimum Gasteiger partial charge on any atom is -0.465 e. The summed E-state index contributed by atoms with van der Waals surface area (Å²) in [5.74, 6) is -1.15. The molecule has 94 valence electrons. The molecule has 0 saturated heterocycles. The summed E-state index contributed by atoms with van der Waals surface area (Å²) >= 11 is 1.08. The molecule has 0 amide bonds. The van der Waals surface area contributed by atoms with Crippen LogP contribution in [-0.2, 0) is 9.47 Å². The van der Waals surface area contributed by atoms with Gasteiger partial charge in [-0.15, -0.1) is 11.3 Å². The number of ether oxygens (including phenoxy) is 2. The fourth-order valence-electron chi connectivity index (χ4n) is 1.28. The van der Waals surface area contributed by atoms with Crippen molar-refractivity contribution in [1.82, 2.24) is 0 Å². The lowest BCUT2D eigenvalue weighted by Gasteiger charge is -2.03. The van der Waals surface area contributed by atoms with Gasteiger partial charge in [-0.2, -0.15) is 0 Å². The molecule has 7 heteroatoms. The quantitative estimate of drug-likeness (QED) is 0.792. The average Bonchev–Trinajstić information content (AvgIpc) is 2.65. The highest BCUT2D eigenvalue weighted by molar-refractivity contribution is 7.19. The molecule has 0 radical (unpaired) electrons. The van der Waals surface area contributed by atoms with Crippen LogP contribution in [0.25, 0.3) is 0 Å². The zero-order chi connectivity index (χ0) is 13.0. The van der Waals surface area contributed by atoms with Gasteiger partial charge in [-0.1, -0.05) is 0 Å². The number of nitrogen functional groups attached to an aromatic ring is 1. The third-order valence-electron chi connectivity index (χ3n) is 2.04. The second kappa shape index (κ2) is 5.53. The van der Waals surface area contributed by atoms with Gasteiger partial charge in [-0.25, -0.2) is 9.59 Å². The van der Waals surface area contributed by atoms with Gasteiger partial charge >= 0.3 is 11.9 Å². The second-order valence-corrected chi connectivity index (χ2v) is 4.08. The lowest BCUT2D eigenvalue weighted by Crippen LogP contribution is -2.09. The van der Waals surface area contributed by atoms with Crippen molar-refractivity contribution in [2.24, 2.45) is 0 Å². The van der Waals surface area contributed by atoms with Gasteiger partial charge in [0, 0.05) is 6.54 Å². The molecule has 0 bridgehead atoms. The molecule has 0 aliphatic heterocycles. The molecule has 0 aliphatic rings. The van der Waals surface area contributed by atoms with Crippen molar-refractivity contribution in [3.05, 3.63) is 10.4 Å². The second-order valence-electron chi connectivity index (χ2n) is 3.06. The molecular formula is C10H14N2O4S. The molecule has 0 saturated carbocycles. The topological polar surface area (TPSA) is 90.6 Å². The highest BCUT2D eigenvalue weighted by Gasteiger charge is 2.26. The molecule has 1 aromatic heterocycles. The number of rotatable bonds is 4. The SMILES string of the molecule is CCNc1sc(C(=O)OC)c(N)c1C(=O)OC. The molecule has 6 nitrogen and oxygen atoms in total. The van der Waals surface area contributed by atoms with Crippen LogP contribution in [0, 0.1) is 0 Å². The van der Waals surface area contributed by atoms with Gasteiger partial charge < -0.3 is 20.5 Å². The van der Waals surface area contributed by atoms with Crippen LogP contribution in [0.5, 0.6) is 0 Å². The molecular weight excluding hydrogens is 244 g/mol. The Balaban J connectivity index is 3.29. The Morgan fingerprint density at radius 3 is 2.35 bits per heavy atom. The smallest absolute Gasteiger partial charge is 0.350 e. The van der Waals surface area contributed by atoms with Crippen LogP contribution in [0.2, 0.25) is 0 Å². The zero-order valence-electron chi connectivity index (χ0n) is 9.83. The van der Waals surface area contributed by atoms with E-state index in [-0.39, 0.29) is 16.1 Å². The predicted molar refractivity (Wildman–Crippen MR) is 65.6 cm³/mol. The van der Waals surface area contributed by atoms with Crippen molar-refractivity contribution in [3.63, 3.8) is 0 Å². The molecule has 17 heavy (non-hydrogen) atoms. The maximum atomic E-state index is 11.6. The number of esters is 2. The van der Waals surface area contributed by atoms with Crippen LogP contribution in [0.4, 0.5) is 10.7 Å². The minimum atomic E-state index is -0.579. The van der Waals surface area contributed by atoms with E-state index in [0.717, 1.165) is 11.3 Å². The Labute approximate surface area is 103 Å². The van der Waals surface area contributed by atoms with Crippen LogP contribution in [0.15, 0.2) is 0 Å². The van der Waals surface area contributed by atoms with E-state index in [9.17, 15) is 9.59 Å². The van der Waals surface area contributed by atoms with E-state index in [4.69, 9.17) is 5.73 Å². The molecule has 3 N–H and O–H groups in total. The fraction of sp³-hybridized carbons (Fsp3) is 0.400. The van der Waals surface area contributed by atoms with Gasteiger partial charge in [0.1, 0.15) is 15.4 Å². The molecule has 0 unspecified atom stereocenters. The van der Waals surface area contributed by atoms with E-state index in [2.05, 4.69) is 14.8 Å². The number of anilines is 2. The van der Waals surface area contributed by atoms with Crippen LogP contribution in [-0.4, -0.2) is 32.7 Å². The van der Waals surface area contributed by atoms with E-state index < -0.39 is 11.9 Å². The summed E-state index contributed by atoms with van der Waals surface area (Å²) in [6, 6.07) is 0. The third-order valence-corrected chi connectivity index (χ3v) is 3.19. The molecule has 0 aliphatic carbocycles. The van der Waals surface area contributed by atoms with Crippen molar-refractivity contribution in [3.8, 4) is 0 Å². The van der Waals surface area contributed by atoms with Crippen LogP contribution in [0.1, 0.15) is 27.0 Å². The van der Waals surface area contributed by atoms with E-state index in [0.29, 0.717) is 11.5 Å². The summed E-state index contributed by atoms with van der Waals surface area (Å²) in [5, 5.41) is 3.47. The number of carbonyl (C=O) groups is 2. The number of nitrogens with one attached hydrogen (secondary N) is 1. The number of hydrogen-bond donors (Lipinski definition) is 2. The molecule has 0 spiro atoms. The van der Waals surface area contributed by atoms with Crippen molar-refractivity contribution in [1.29, 1.82) is 0 Å². The molecule has 1 aromatic rings. The highest BCUT2D eigenvalue weighted by Crippen LogP contribution is 2.36.